The van der Waals surface area contributed by atoms with Gasteiger partial charge in [-0.05, 0) is 41.0 Å². The largest absolute Gasteiger partial charge is 0.376 e. The molecule has 1 saturated heterocycles. The number of aromatic nitrogens is 4. The van der Waals surface area contributed by atoms with Gasteiger partial charge in [0.2, 0.25) is 11.1 Å². The quantitative estimate of drug-likeness (QED) is 0.805. The van der Waals surface area contributed by atoms with Gasteiger partial charge in [-0.15, -0.1) is 5.10 Å². The number of hydrogen-bond donors (Lipinski definition) is 1. The fourth-order valence-corrected chi connectivity index (χ4v) is 3.15. The number of carbonyl (C=O) groups is 1. The maximum absolute atomic E-state index is 11.0. The maximum Gasteiger partial charge on any atom is 0.248 e. The summed E-state index contributed by atoms with van der Waals surface area (Å²) in [5.41, 5.74) is 6.82. The van der Waals surface area contributed by atoms with Crippen LogP contribution >= 0.6 is 11.8 Å². The van der Waals surface area contributed by atoms with E-state index in [1.807, 2.05) is 12.1 Å². The van der Waals surface area contributed by atoms with E-state index in [-0.39, 0.29) is 6.10 Å². The molecule has 2 N–H and O–H groups in total. The van der Waals surface area contributed by atoms with Crippen molar-refractivity contribution < 1.29 is 9.53 Å². The highest BCUT2D eigenvalue weighted by atomic mass is 32.2. The number of carbonyl (C=O) groups excluding carboxylic acids is 1. The molecule has 0 bridgehead atoms. The molecule has 7 nitrogen and oxygen atoms in total. The van der Waals surface area contributed by atoms with Crippen molar-refractivity contribution in [2.24, 2.45) is 5.73 Å². The Morgan fingerprint density at radius 1 is 1.41 bits per heavy atom. The Morgan fingerprint density at radius 2 is 2.23 bits per heavy atom. The Hall–Kier alpha value is -1.93. The lowest BCUT2D eigenvalue weighted by molar-refractivity contribution is 0.0911. The van der Waals surface area contributed by atoms with E-state index in [0.29, 0.717) is 12.1 Å². The molecule has 2 aromatic rings. The van der Waals surface area contributed by atoms with Crippen LogP contribution < -0.4 is 5.73 Å². The van der Waals surface area contributed by atoms with Crippen molar-refractivity contribution in [2.75, 3.05) is 6.61 Å². The molecular formula is C14H17N5O2S. The summed E-state index contributed by atoms with van der Waals surface area (Å²) in [7, 11) is 0. The van der Waals surface area contributed by atoms with Gasteiger partial charge in [-0.1, -0.05) is 23.9 Å². The van der Waals surface area contributed by atoms with Crippen LogP contribution in [0.5, 0.6) is 0 Å². The third-order valence-corrected chi connectivity index (χ3v) is 4.53. The fourth-order valence-electron chi connectivity index (χ4n) is 2.31. The summed E-state index contributed by atoms with van der Waals surface area (Å²) >= 11 is 1.56. The van der Waals surface area contributed by atoms with Crippen molar-refractivity contribution in [3.05, 3.63) is 35.4 Å². The second-order valence-corrected chi connectivity index (χ2v) is 6.07. The van der Waals surface area contributed by atoms with Gasteiger partial charge in [-0.25, -0.2) is 4.68 Å². The van der Waals surface area contributed by atoms with Gasteiger partial charge in [0, 0.05) is 17.9 Å². The summed E-state index contributed by atoms with van der Waals surface area (Å²) in [6, 6.07) is 7.24. The van der Waals surface area contributed by atoms with Crippen molar-refractivity contribution in [2.45, 2.75) is 36.4 Å². The van der Waals surface area contributed by atoms with E-state index in [1.165, 1.54) is 0 Å². The predicted molar refractivity (Wildman–Crippen MR) is 81.3 cm³/mol. The molecule has 1 aromatic carbocycles. The van der Waals surface area contributed by atoms with Gasteiger partial charge >= 0.3 is 0 Å². The lowest BCUT2D eigenvalue weighted by Gasteiger charge is -2.10. The molecule has 1 aliphatic heterocycles. The molecule has 0 saturated carbocycles. The number of nitrogens with zero attached hydrogens (tertiary/aromatic N) is 4. The molecule has 1 aliphatic rings. The molecule has 2 heterocycles. The Bertz CT molecular complexity index is 637. The van der Waals surface area contributed by atoms with Crippen molar-refractivity contribution in [3.8, 4) is 0 Å². The average molecular weight is 319 g/mol. The average Bonchev–Trinajstić information content (AvgIpc) is 3.18. The van der Waals surface area contributed by atoms with Crippen LogP contribution in [0.4, 0.5) is 0 Å². The van der Waals surface area contributed by atoms with E-state index in [0.717, 1.165) is 35.9 Å². The minimum atomic E-state index is -0.417. The number of tetrazole rings is 1. The van der Waals surface area contributed by atoms with Gasteiger partial charge in [-0.2, -0.15) is 0 Å². The summed E-state index contributed by atoms with van der Waals surface area (Å²) in [5.74, 6) is 0.310. The first kappa shape index (κ1) is 15.0. The van der Waals surface area contributed by atoms with Crippen LogP contribution in [-0.2, 0) is 17.0 Å². The second kappa shape index (κ2) is 6.89. The van der Waals surface area contributed by atoms with E-state index in [2.05, 4.69) is 15.5 Å². The summed E-state index contributed by atoms with van der Waals surface area (Å²) < 4.78 is 7.40. The van der Waals surface area contributed by atoms with Crippen LogP contribution in [0.25, 0.3) is 0 Å². The van der Waals surface area contributed by atoms with Crippen molar-refractivity contribution in [3.63, 3.8) is 0 Å². The lowest BCUT2D eigenvalue weighted by Crippen LogP contribution is -2.16. The van der Waals surface area contributed by atoms with Gasteiger partial charge in [-0.3, -0.25) is 4.79 Å². The van der Waals surface area contributed by atoms with E-state index < -0.39 is 5.91 Å². The molecule has 116 valence electrons. The number of benzene rings is 1. The topological polar surface area (TPSA) is 95.9 Å². The minimum Gasteiger partial charge on any atom is -0.376 e. The summed E-state index contributed by atoms with van der Waals surface area (Å²) in [4.78, 5) is 11.0. The van der Waals surface area contributed by atoms with Gasteiger partial charge < -0.3 is 10.5 Å². The first-order valence-electron chi connectivity index (χ1n) is 7.11. The number of rotatable bonds is 6. The monoisotopic (exact) mass is 319 g/mol. The highest BCUT2D eigenvalue weighted by Gasteiger charge is 2.18. The van der Waals surface area contributed by atoms with Gasteiger partial charge in [0.1, 0.15) is 0 Å². The zero-order valence-corrected chi connectivity index (χ0v) is 12.8. The number of thioether (sulfide) groups is 1. The van der Waals surface area contributed by atoms with Crippen LogP contribution in [0.15, 0.2) is 29.4 Å². The Balaban J connectivity index is 1.59. The molecule has 1 amide bonds. The standard InChI is InChI=1S/C14H17N5O2S/c15-13(20)11-5-3-10(4-6-11)9-22-14-16-17-18-19(14)8-12-2-1-7-21-12/h3-6,12H,1-2,7-9H2,(H2,15,20). The smallest absolute Gasteiger partial charge is 0.248 e. The van der Waals surface area contributed by atoms with E-state index >= 15 is 0 Å². The normalized spacial score (nSPS) is 17.7. The SMILES string of the molecule is NC(=O)c1ccc(CSc2nnnn2CC2CCCO2)cc1. The molecule has 0 aliphatic carbocycles. The van der Waals surface area contributed by atoms with Gasteiger partial charge in [0.05, 0.1) is 12.6 Å². The molecule has 3 rings (SSSR count). The Labute approximate surface area is 132 Å². The first-order valence-corrected chi connectivity index (χ1v) is 8.10. The number of primary amides is 1. The minimum absolute atomic E-state index is 0.206. The van der Waals surface area contributed by atoms with Crippen molar-refractivity contribution in [1.82, 2.24) is 20.2 Å². The third kappa shape index (κ3) is 3.63. The van der Waals surface area contributed by atoms with Crippen LogP contribution in [0.3, 0.4) is 0 Å². The number of hydrogen-bond acceptors (Lipinski definition) is 6. The molecule has 22 heavy (non-hydrogen) atoms. The molecule has 1 fully saturated rings. The van der Waals surface area contributed by atoms with Crippen molar-refractivity contribution >= 4 is 17.7 Å². The molecule has 8 heteroatoms. The summed E-state index contributed by atoms with van der Waals surface area (Å²) in [5, 5.41) is 12.6. The van der Waals surface area contributed by atoms with E-state index in [9.17, 15) is 4.79 Å². The van der Waals surface area contributed by atoms with Gasteiger partial charge in [0.15, 0.2) is 0 Å². The fraction of sp³-hybridized carbons (Fsp3) is 0.429. The van der Waals surface area contributed by atoms with Crippen LogP contribution in [0.2, 0.25) is 0 Å². The molecule has 1 aromatic heterocycles. The number of nitrogens with two attached hydrogens (primary N) is 1. The zero-order chi connectivity index (χ0) is 15.4. The van der Waals surface area contributed by atoms with Gasteiger partial charge in [0.25, 0.3) is 0 Å². The van der Waals surface area contributed by atoms with E-state index in [4.69, 9.17) is 10.5 Å². The zero-order valence-electron chi connectivity index (χ0n) is 12.0. The highest BCUT2D eigenvalue weighted by molar-refractivity contribution is 7.98. The van der Waals surface area contributed by atoms with Crippen LogP contribution in [-0.4, -0.2) is 38.8 Å². The molecule has 0 radical (unpaired) electrons. The number of ether oxygens (including phenoxy) is 1. The molecule has 1 unspecified atom stereocenters. The summed E-state index contributed by atoms with van der Waals surface area (Å²) in [6.07, 6.45) is 2.36. The van der Waals surface area contributed by atoms with Crippen molar-refractivity contribution in [1.29, 1.82) is 0 Å². The van der Waals surface area contributed by atoms with Crippen LogP contribution in [0, 0.1) is 0 Å². The Kier molecular flexibility index (Phi) is 4.69. The molecular weight excluding hydrogens is 302 g/mol. The first-order chi connectivity index (χ1) is 10.7. The van der Waals surface area contributed by atoms with E-state index in [1.54, 1.807) is 28.6 Å². The highest BCUT2D eigenvalue weighted by Crippen LogP contribution is 2.22. The van der Waals surface area contributed by atoms with Crippen LogP contribution in [0.1, 0.15) is 28.8 Å². The molecule has 0 spiro atoms. The number of amides is 1. The summed E-state index contributed by atoms with van der Waals surface area (Å²) in [6.45, 7) is 1.51. The molecule has 1 atom stereocenters. The lowest BCUT2D eigenvalue weighted by atomic mass is 10.1. The predicted octanol–water partition coefficient (Wildman–Crippen LogP) is 1.24. The maximum atomic E-state index is 11.0. The second-order valence-electron chi connectivity index (χ2n) is 5.13. The Morgan fingerprint density at radius 3 is 2.91 bits per heavy atom. The third-order valence-electron chi connectivity index (χ3n) is 3.51.